The molecular weight excluding hydrogens is 326 g/mol. The molecule has 2 rings (SSSR count). The quantitative estimate of drug-likeness (QED) is 0.684. The Kier molecular flexibility index (Phi) is 6.31. The molecule has 0 saturated heterocycles. The van der Waals surface area contributed by atoms with Gasteiger partial charge in [-0.15, -0.1) is 22.7 Å². The van der Waals surface area contributed by atoms with Gasteiger partial charge in [0.2, 0.25) is 10.0 Å². The molecule has 0 atom stereocenters. The number of nitrogens with one attached hydrogen (secondary N) is 2. The van der Waals surface area contributed by atoms with Gasteiger partial charge in [-0.2, -0.15) is 0 Å². The van der Waals surface area contributed by atoms with Gasteiger partial charge in [0.1, 0.15) is 4.21 Å². The summed E-state index contributed by atoms with van der Waals surface area (Å²) in [5.74, 6) is 0. The standard InChI is InChI=1S/C13H19N3O2S3/c1-2-6-14-10-11-3-4-13(20-11)21(17,18)16-7-5-12-15-8-9-19-12/h3-4,8-9,14,16H,2,5-7,10H2,1H3. The summed E-state index contributed by atoms with van der Waals surface area (Å²) in [6, 6.07) is 3.53. The van der Waals surface area contributed by atoms with Crippen LogP contribution >= 0.6 is 22.7 Å². The smallest absolute Gasteiger partial charge is 0.250 e. The number of nitrogens with zero attached hydrogens (tertiary/aromatic N) is 1. The van der Waals surface area contributed by atoms with Crippen LogP contribution in [-0.2, 0) is 23.0 Å². The zero-order valence-electron chi connectivity index (χ0n) is 11.8. The number of thiophene rings is 1. The Balaban J connectivity index is 1.86. The van der Waals surface area contributed by atoms with Crippen molar-refractivity contribution in [1.82, 2.24) is 15.0 Å². The predicted molar refractivity (Wildman–Crippen MR) is 87.3 cm³/mol. The first kappa shape index (κ1) is 16.6. The second-order valence-electron chi connectivity index (χ2n) is 4.47. The molecule has 2 heterocycles. The Bertz CT molecular complexity index is 635. The first-order valence-electron chi connectivity index (χ1n) is 6.79. The third kappa shape index (κ3) is 5.15. The second kappa shape index (κ2) is 8.00. The zero-order valence-corrected chi connectivity index (χ0v) is 14.3. The van der Waals surface area contributed by atoms with Crippen molar-refractivity contribution in [2.45, 2.75) is 30.5 Å². The van der Waals surface area contributed by atoms with Crippen LogP contribution in [0.4, 0.5) is 0 Å². The molecule has 116 valence electrons. The van der Waals surface area contributed by atoms with Gasteiger partial charge in [-0.25, -0.2) is 18.1 Å². The van der Waals surface area contributed by atoms with E-state index in [9.17, 15) is 8.42 Å². The summed E-state index contributed by atoms with van der Waals surface area (Å²) in [6.45, 7) is 4.13. The van der Waals surface area contributed by atoms with Gasteiger partial charge in [0.15, 0.2) is 0 Å². The Morgan fingerprint density at radius 2 is 2.14 bits per heavy atom. The maximum Gasteiger partial charge on any atom is 0.250 e. The molecule has 0 unspecified atom stereocenters. The molecule has 2 N–H and O–H groups in total. The van der Waals surface area contributed by atoms with Crippen molar-refractivity contribution >= 4 is 32.7 Å². The molecule has 0 aliphatic carbocycles. The largest absolute Gasteiger partial charge is 0.312 e. The molecular formula is C13H19N3O2S3. The molecule has 2 aromatic rings. The molecule has 0 spiro atoms. The molecule has 0 fully saturated rings. The minimum Gasteiger partial charge on any atom is -0.312 e. The lowest BCUT2D eigenvalue weighted by molar-refractivity contribution is 0.583. The summed E-state index contributed by atoms with van der Waals surface area (Å²) in [5.41, 5.74) is 0. The number of thiazole rings is 1. The van der Waals surface area contributed by atoms with Crippen LogP contribution in [0.1, 0.15) is 23.2 Å². The van der Waals surface area contributed by atoms with Gasteiger partial charge in [0, 0.05) is 36.0 Å². The summed E-state index contributed by atoms with van der Waals surface area (Å²) in [5, 5.41) is 6.09. The summed E-state index contributed by atoms with van der Waals surface area (Å²) in [6.07, 6.45) is 3.41. The molecule has 8 heteroatoms. The number of hydrogen-bond acceptors (Lipinski definition) is 6. The maximum atomic E-state index is 12.2. The number of aromatic nitrogens is 1. The molecule has 0 saturated carbocycles. The third-order valence-corrected chi connectivity index (χ3v) is 6.62. The van der Waals surface area contributed by atoms with Crippen molar-refractivity contribution in [1.29, 1.82) is 0 Å². The van der Waals surface area contributed by atoms with Gasteiger partial charge < -0.3 is 5.32 Å². The van der Waals surface area contributed by atoms with Crippen LogP contribution < -0.4 is 10.0 Å². The van der Waals surface area contributed by atoms with Gasteiger partial charge in [-0.3, -0.25) is 0 Å². The van der Waals surface area contributed by atoms with Crippen molar-refractivity contribution in [2.75, 3.05) is 13.1 Å². The van der Waals surface area contributed by atoms with E-state index in [-0.39, 0.29) is 0 Å². The van der Waals surface area contributed by atoms with E-state index in [0.717, 1.165) is 22.9 Å². The molecule has 0 aliphatic rings. The highest BCUT2D eigenvalue weighted by Gasteiger charge is 2.16. The fraction of sp³-hybridized carbons (Fsp3) is 0.462. The van der Waals surface area contributed by atoms with E-state index in [2.05, 4.69) is 21.9 Å². The lowest BCUT2D eigenvalue weighted by atomic mass is 10.4. The highest BCUT2D eigenvalue weighted by atomic mass is 32.2. The molecule has 0 aromatic carbocycles. The van der Waals surface area contributed by atoms with Crippen molar-refractivity contribution in [3.8, 4) is 0 Å². The first-order valence-corrected chi connectivity index (χ1v) is 9.97. The Morgan fingerprint density at radius 3 is 2.86 bits per heavy atom. The van der Waals surface area contributed by atoms with Crippen molar-refractivity contribution in [3.05, 3.63) is 33.6 Å². The van der Waals surface area contributed by atoms with Gasteiger partial charge >= 0.3 is 0 Å². The molecule has 0 bridgehead atoms. The minimum absolute atomic E-state index is 0.370. The fourth-order valence-electron chi connectivity index (χ4n) is 1.73. The number of rotatable bonds is 9. The zero-order chi connectivity index (χ0) is 15.1. The molecule has 0 aliphatic heterocycles. The van der Waals surface area contributed by atoms with Crippen molar-refractivity contribution < 1.29 is 8.42 Å². The van der Waals surface area contributed by atoms with E-state index in [1.807, 2.05) is 11.4 Å². The van der Waals surface area contributed by atoms with Crippen molar-refractivity contribution in [2.24, 2.45) is 0 Å². The van der Waals surface area contributed by atoms with E-state index >= 15 is 0 Å². The van der Waals surface area contributed by atoms with Gasteiger partial charge in [0.05, 0.1) is 5.01 Å². The Hall–Kier alpha value is -0.800. The first-order chi connectivity index (χ1) is 10.1. The second-order valence-corrected chi connectivity index (χ2v) is 8.61. The van der Waals surface area contributed by atoms with Crippen LogP contribution in [0.15, 0.2) is 27.9 Å². The Morgan fingerprint density at radius 1 is 1.29 bits per heavy atom. The van der Waals surface area contributed by atoms with Crippen LogP contribution in [0.3, 0.4) is 0 Å². The van der Waals surface area contributed by atoms with Crippen LogP contribution in [0.2, 0.25) is 0 Å². The normalized spacial score (nSPS) is 11.9. The topological polar surface area (TPSA) is 71.1 Å². The third-order valence-electron chi connectivity index (χ3n) is 2.74. The SMILES string of the molecule is CCCNCc1ccc(S(=O)(=O)NCCc2nccs2)s1. The predicted octanol–water partition coefficient (Wildman–Crippen LogP) is 2.23. The van der Waals surface area contributed by atoms with E-state index < -0.39 is 10.0 Å². The lowest BCUT2D eigenvalue weighted by Crippen LogP contribution is -2.25. The van der Waals surface area contributed by atoms with Gasteiger partial charge in [0.25, 0.3) is 0 Å². The summed E-state index contributed by atoms with van der Waals surface area (Å²) < 4.78 is 27.3. The highest BCUT2D eigenvalue weighted by molar-refractivity contribution is 7.91. The molecule has 21 heavy (non-hydrogen) atoms. The van der Waals surface area contributed by atoms with Gasteiger partial charge in [-0.05, 0) is 25.1 Å². The fourth-order valence-corrected chi connectivity index (χ4v) is 4.75. The average molecular weight is 346 g/mol. The van der Waals surface area contributed by atoms with E-state index in [1.54, 1.807) is 12.3 Å². The summed E-state index contributed by atoms with van der Waals surface area (Å²) >= 11 is 2.85. The van der Waals surface area contributed by atoms with E-state index in [1.165, 1.54) is 22.7 Å². The summed E-state index contributed by atoms with van der Waals surface area (Å²) in [7, 11) is -3.41. The maximum absolute atomic E-state index is 12.2. The van der Waals surface area contributed by atoms with Crippen LogP contribution in [0, 0.1) is 0 Å². The van der Waals surface area contributed by atoms with Crippen LogP contribution in [0.5, 0.6) is 0 Å². The number of sulfonamides is 1. The molecule has 2 aromatic heterocycles. The van der Waals surface area contributed by atoms with E-state index in [4.69, 9.17) is 0 Å². The average Bonchev–Trinajstić information content (AvgIpc) is 3.10. The van der Waals surface area contributed by atoms with Crippen LogP contribution in [0.25, 0.3) is 0 Å². The molecule has 0 radical (unpaired) electrons. The highest BCUT2D eigenvalue weighted by Crippen LogP contribution is 2.21. The Labute approximate surface area is 133 Å². The van der Waals surface area contributed by atoms with Crippen molar-refractivity contribution in [3.63, 3.8) is 0 Å². The lowest BCUT2D eigenvalue weighted by Gasteiger charge is -2.03. The number of hydrogen-bond donors (Lipinski definition) is 2. The molecule has 5 nitrogen and oxygen atoms in total. The van der Waals surface area contributed by atoms with E-state index in [0.29, 0.717) is 23.7 Å². The van der Waals surface area contributed by atoms with Crippen LogP contribution in [-0.4, -0.2) is 26.5 Å². The molecule has 0 amide bonds. The monoisotopic (exact) mass is 345 g/mol. The summed E-state index contributed by atoms with van der Waals surface area (Å²) in [4.78, 5) is 5.16. The van der Waals surface area contributed by atoms with Gasteiger partial charge in [-0.1, -0.05) is 6.92 Å². The minimum atomic E-state index is -3.41.